The van der Waals surface area contributed by atoms with Gasteiger partial charge in [0.1, 0.15) is 6.20 Å². The van der Waals surface area contributed by atoms with E-state index in [1.54, 1.807) is 0 Å². The van der Waals surface area contributed by atoms with Gasteiger partial charge < -0.3 is 15.5 Å². The third kappa shape index (κ3) is 4.01. The SMILES string of the molecule is CCNc1ncc([N+](=O)[O-])c(NC2CCCN(CC)C2)n1. The number of hydrogen-bond acceptors (Lipinski definition) is 7. The summed E-state index contributed by atoms with van der Waals surface area (Å²) in [6.45, 7) is 7.69. The third-order valence-corrected chi connectivity index (χ3v) is 3.59. The van der Waals surface area contributed by atoms with Crippen LogP contribution in [0.5, 0.6) is 0 Å². The summed E-state index contributed by atoms with van der Waals surface area (Å²) in [6, 6.07) is 0.182. The van der Waals surface area contributed by atoms with Gasteiger partial charge in [0, 0.05) is 19.1 Å². The predicted octanol–water partition coefficient (Wildman–Crippen LogP) is 1.71. The molecule has 116 valence electrons. The molecule has 0 aromatic carbocycles. The van der Waals surface area contributed by atoms with Crippen LogP contribution in [0.3, 0.4) is 0 Å². The highest BCUT2D eigenvalue weighted by molar-refractivity contribution is 5.57. The second kappa shape index (κ2) is 7.16. The van der Waals surface area contributed by atoms with Crippen molar-refractivity contribution in [2.75, 3.05) is 36.8 Å². The molecule has 1 fully saturated rings. The van der Waals surface area contributed by atoms with Crippen molar-refractivity contribution >= 4 is 17.5 Å². The normalized spacial score (nSPS) is 19.2. The number of likely N-dealkylation sites (N-methyl/N-ethyl adjacent to an activating group) is 1. The molecule has 1 aromatic rings. The van der Waals surface area contributed by atoms with Crippen LogP contribution in [0, 0.1) is 10.1 Å². The first-order valence-electron chi connectivity index (χ1n) is 7.38. The topological polar surface area (TPSA) is 96.2 Å². The quantitative estimate of drug-likeness (QED) is 0.609. The first-order valence-corrected chi connectivity index (χ1v) is 7.38. The van der Waals surface area contributed by atoms with Crippen LogP contribution in [-0.2, 0) is 0 Å². The van der Waals surface area contributed by atoms with Gasteiger partial charge >= 0.3 is 5.69 Å². The molecule has 1 saturated heterocycles. The fourth-order valence-electron chi connectivity index (χ4n) is 2.51. The fraction of sp³-hybridized carbons (Fsp3) is 0.692. The summed E-state index contributed by atoms with van der Waals surface area (Å²) in [5.41, 5.74) is -0.0784. The number of aromatic nitrogens is 2. The van der Waals surface area contributed by atoms with Crippen molar-refractivity contribution < 1.29 is 4.92 Å². The lowest BCUT2D eigenvalue weighted by Crippen LogP contribution is -2.42. The number of anilines is 2. The molecule has 1 atom stereocenters. The number of nitrogens with one attached hydrogen (secondary N) is 2. The Morgan fingerprint density at radius 2 is 2.33 bits per heavy atom. The molecule has 0 spiro atoms. The van der Waals surface area contributed by atoms with E-state index in [0.717, 1.165) is 32.5 Å². The van der Waals surface area contributed by atoms with E-state index in [0.29, 0.717) is 18.3 Å². The Morgan fingerprint density at radius 3 is 3.00 bits per heavy atom. The van der Waals surface area contributed by atoms with E-state index < -0.39 is 4.92 Å². The molecule has 2 N–H and O–H groups in total. The van der Waals surface area contributed by atoms with Crippen molar-refractivity contribution in [3.8, 4) is 0 Å². The Hall–Kier alpha value is -1.96. The van der Waals surface area contributed by atoms with E-state index >= 15 is 0 Å². The molecular formula is C13H22N6O2. The Bertz CT molecular complexity index is 496. The molecular weight excluding hydrogens is 272 g/mol. The summed E-state index contributed by atoms with van der Waals surface area (Å²) in [7, 11) is 0. The molecule has 1 aliphatic rings. The summed E-state index contributed by atoms with van der Waals surface area (Å²) in [6.07, 6.45) is 3.34. The number of hydrogen-bond donors (Lipinski definition) is 2. The van der Waals surface area contributed by atoms with E-state index in [-0.39, 0.29) is 11.7 Å². The minimum Gasteiger partial charge on any atom is -0.360 e. The van der Waals surface area contributed by atoms with Crippen molar-refractivity contribution in [1.82, 2.24) is 14.9 Å². The van der Waals surface area contributed by atoms with Crippen LogP contribution in [0.2, 0.25) is 0 Å². The highest BCUT2D eigenvalue weighted by Gasteiger charge is 2.23. The molecule has 0 amide bonds. The molecule has 0 saturated carbocycles. The van der Waals surface area contributed by atoms with E-state index in [4.69, 9.17) is 0 Å². The minimum atomic E-state index is -0.446. The van der Waals surface area contributed by atoms with Crippen molar-refractivity contribution in [1.29, 1.82) is 0 Å². The molecule has 1 aromatic heterocycles. The standard InChI is InChI=1S/C13H22N6O2/c1-3-14-13-15-8-11(19(20)21)12(17-13)16-10-6-5-7-18(4-2)9-10/h8,10H,3-7,9H2,1-2H3,(H2,14,15,16,17). The van der Waals surface area contributed by atoms with E-state index in [1.165, 1.54) is 6.20 Å². The van der Waals surface area contributed by atoms with Gasteiger partial charge in [-0.25, -0.2) is 4.98 Å². The summed E-state index contributed by atoms with van der Waals surface area (Å²) >= 11 is 0. The molecule has 0 radical (unpaired) electrons. The van der Waals surface area contributed by atoms with Gasteiger partial charge in [-0.2, -0.15) is 4.98 Å². The highest BCUT2D eigenvalue weighted by Crippen LogP contribution is 2.24. The van der Waals surface area contributed by atoms with Gasteiger partial charge in [-0.05, 0) is 32.9 Å². The van der Waals surface area contributed by atoms with Gasteiger partial charge in [0.15, 0.2) is 0 Å². The van der Waals surface area contributed by atoms with Crippen LogP contribution >= 0.6 is 0 Å². The van der Waals surface area contributed by atoms with Crippen LogP contribution < -0.4 is 10.6 Å². The molecule has 1 aliphatic heterocycles. The maximum absolute atomic E-state index is 11.1. The molecule has 1 unspecified atom stereocenters. The zero-order chi connectivity index (χ0) is 15.2. The average molecular weight is 294 g/mol. The van der Waals surface area contributed by atoms with Gasteiger partial charge in [0.2, 0.25) is 11.8 Å². The minimum absolute atomic E-state index is 0.0784. The van der Waals surface area contributed by atoms with Crippen LogP contribution in [0.4, 0.5) is 17.5 Å². The van der Waals surface area contributed by atoms with Crippen molar-refractivity contribution in [2.24, 2.45) is 0 Å². The van der Waals surface area contributed by atoms with Gasteiger partial charge in [0.05, 0.1) is 4.92 Å². The number of nitro groups is 1. The molecule has 0 bridgehead atoms. The Morgan fingerprint density at radius 1 is 1.52 bits per heavy atom. The Kier molecular flexibility index (Phi) is 5.26. The van der Waals surface area contributed by atoms with Gasteiger partial charge in [-0.3, -0.25) is 10.1 Å². The fourth-order valence-corrected chi connectivity index (χ4v) is 2.51. The lowest BCUT2D eigenvalue weighted by atomic mass is 10.1. The van der Waals surface area contributed by atoms with Crippen molar-refractivity contribution in [3.05, 3.63) is 16.3 Å². The summed E-state index contributed by atoms with van der Waals surface area (Å²) in [4.78, 5) is 21.2. The van der Waals surface area contributed by atoms with Gasteiger partial charge in [-0.1, -0.05) is 6.92 Å². The van der Waals surface area contributed by atoms with Crippen LogP contribution in [0.25, 0.3) is 0 Å². The van der Waals surface area contributed by atoms with Crippen molar-refractivity contribution in [3.63, 3.8) is 0 Å². The summed E-state index contributed by atoms with van der Waals surface area (Å²) in [5, 5.41) is 17.3. The largest absolute Gasteiger partial charge is 0.360 e. The lowest BCUT2D eigenvalue weighted by molar-refractivity contribution is -0.384. The van der Waals surface area contributed by atoms with Crippen LogP contribution in [0.15, 0.2) is 6.20 Å². The number of likely N-dealkylation sites (tertiary alicyclic amines) is 1. The molecule has 0 aliphatic carbocycles. The predicted molar refractivity (Wildman–Crippen MR) is 81.6 cm³/mol. The molecule has 8 nitrogen and oxygen atoms in total. The number of nitrogens with zero attached hydrogens (tertiary/aromatic N) is 4. The maximum Gasteiger partial charge on any atom is 0.329 e. The van der Waals surface area contributed by atoms with Gasteiger partial charge in [-0.15, -0.1) is 0 Å². The smallest absolute Gasteiger partial charge is 0.329 e. The third-order valence-electron chi connectivity index (χ3n) is 3.59. The lowest BCUT2D eigenvalue weighted by Gasteiger charge is -2.32. The van der Waals surface area contributed by atoms with Gasteiger partial charge in [0.25, 0.3) is 0 Å². The highest BCUT2D eigenvalue weighted by atomic mass is 16.6. The van der Waals surface area contributed by atoms with E-state index in [9.17, 15) is 10.1 Å². The first kappa shape index (κ1) is 15.4. The first-order chi connectivity index (χ1) is 10.1. The van der Waals surface area contributed by atoms with Crippen LogP contribution in [0.1, 0.15) is 26.7 Å². The zero-order valence-electron chi connectivity index (χ0n) is 12.5. The van der Waals surface area contributed by atoms with E-state index in [2.05, 4.69) is 32.4 Å². The second-order valence-electron chi connectivity index (χ2n) is 5.09. The Balaban J connectivity index is 2.16. The zero-order valence-corrected chi connectivity index (χ0v) is 12.5. The molecule has 21 heavy (non-hydrogen) atoms. The summed E-state index contributed by atoms with van der Waals surface area (Å²) < 4.78 is 0. The number of rotatable bonds is 6. The molecule has 2 heterocycles. The van der Waals surface area contributed by atoms with Crippen molar-refractivity contribution in [2.45, 2.75) is 32.7 Å². The molecule has 8 heteroatoms. The van der Waals surface area contributed by atoms with E-state index in [1.807, 2.05) is 6.92 Å². The average Bonchev–Trinajstić information content (AvgIpc) is 2.48. The number of piperidine rings is 1. The second-order valence-corrected chi connectivity index (χ2v) is 5.09. The molecule has 2 rings (SSSR count). The monoisotopic (exact) mass is 294 g/mol. The maximum atomic E-state index is 11.1. The summed E-state index contributed by atoms with van der Waals surface area (Å²) in [5.74, 6) is 0.711. The van der Waals surface area contributed by atoms with Crippen LogP contribution in [-0.4, -0.2) is 52.0 Å². The Labute approximate surface area is 124 Å².